The van der Waals surface area contributed by atoms with Gasteiger partial charge in [-0.1, -0.05) is 43.3 Å². The van der Waals surface area contributed by atoms with E-state index in [1.807, 2.05) is 35.1 Å². The van der Waals surface area contributed by atoms with Crippen LogP contribution in [0.1, 0.15) is 62.0 Å². The van der Waals surface area contributed by atoms with Crippen LogP contribution in [0, 0.1) is 5.92 Å². The second-order valence-electron chi connectivity index (χ2n) is 7.49. The molecule has 1 heterocycles. The summed E-state index contributed by atoms with van der Waals surface area (Å²) in [5.41, 5.74) is 14.2. The minimum absolute atomic E-state index is 0.0492. The van der Waals surface area contributed by atoms with Crippen LogP contribution >= 0.6 is 0 Å². The number of aliphatic hydroxyl groups is 1. The molecule has 6 N–H and O–H groups in total. The summed E-state index contributed by atoms with van der Waals surface area (Å²) in [6.07, 6.45) is 5.34. The number of aliphatic hydroxyl groups excluding tert-OH is 1. The first kappa shape index (κ1) is 21.8. The Kier molecular flexibility index (Phi) is 8.41. The molecule has 2 aromatic rings. The second-order valence-corrected chi connectivity index (χ2v) is 7.49. The molecule has 0 fully saturated rings. The molecule has 0 saturated carbocycles. The SMILES string of the molecule is CC(C)[C@H](N)c1cn([C@@H](CCCNC(N)=O)CCc2ccc(CO)cc2)nn1. The Hall–Kier alpha value is -2.45. The Morgan fingerprint density at radius 3 is 2.50 bits per heavy atom. The van der Waals surface area contributed by atoms with Crippen LogP contribution in [-0.4, -0.2) is 32.7 Å². The number of benzene rings is 1. The van der Waals surface area contributed by atoms with E-state index < -0.39 is 6.03 Å². The zero-order valence-corrected chi connectivity index (χ0v) is 16.7. The van der Waals surface area contributed by atoms with Gasteiger partial charge in [-0.05, 0) is 42.7 Å². The summed E-state index contributed by atoms with van der Waals surface area (Å²) < 4.78 is 1.89. The molecule has 0 bridgehead atoms. The summed E-state index contributed by atoms with van der Waals surface area (Å²) in [6, 6.07) is 7.46. The highest BCUT2D eigenvalue weighted by atomic mass is 16.3. The van der Waals surface area contributed by atoms with E-state index in [2.05, 4.69) is 29.5 Å². The van der Waals surface area contributed by atoms with Gasteiger partial charge < -0.3 is 21.9 Å². The van der Waals surface area contributed by atoms with Crippen molar-refractivity contribution >= 4 is 6.03 Å². The van der Waals surface area contributed by atoms with Gasteiger partial charge in [0.15, 0.2) is 0 Å². The quantitative estimate of drug-likeness (QED) is 0.437. The van der Waals surface area contributed by atoms with Crippen LogP contribution in [0.5, 0.6) is 0 Å². The van der Waals surface area contributed by atoms with Gasteiger partial charge in [0.2, 0.25) is 0 Å². The molecule has 8 heteroatoms. The highest BCUT2D eigenvalue weighted by molar-refractivity contribution is 5.71. The summed E-state index contributed by atoms with van der Waals surface area (Å²) in [6.45, 7) is 4.71. The lowest BCUT2D eigenvalue weighted by Gasteiger charge is -2.17. The number of nitrogens with two attached hydrogens (primary N) is 2. The van der Waals surface area contributed by atoms with Gasteiger partial charge in [0, 0.05) is 6.54 Å². The first-order valence-electron chi connectivity index (χ1n) is 9.80. The maximum Gasteiger partial charge on any atom is 0.312 e. The maximum atomic E-state index is 10.9. The minimum atomic E-state index is -0.508. The monoisotopic (exact) mass is 388 g/mol. The van der Waals surface area contributed by atoms with E-state index in [9.17, 15) is 9.90 Å². The van der Waals surface area contributed by atoms with E-state index in [0.717, 1.165) is 36.9 Å². The van der Waals surface area contributed by atoms with Gasteiger partial charge >= 0.3 is 6.03 Å². The third-order valence-electron chi connectivity index (χ3n) is 4.95. The number of rotatable bonds is 11. The molecule has 154 valence electrons. The molecule has 0 unspecified atom stereocenters. The summed E-state index contributed by atoms with van der Waals surface area (Å²) in [5.74, 6) is 0.286. The molecule has 1 aromatic heterocycles. The predicted molar refractivity (Wildman–Crippen MR) is 108 cm³/mol. The number of nitrogens with one attached hydrogen (secondary N) is 1. The molecule has 2 atom stereocenters. The van der Waals surface area contributed by atoms with Crippen molar-refractivity contribution in [1.29, 1.82) is 0 Å². The number of hydrogen-bond acceptors (Lipinski definition) is 5. The Morgan fingerprint density at radius 2 is 1.89 bits per heavy atom. The highest BCUT2D eigenvalue weighted by Gasteiger charge is 2.18. The lowest BCUT2D eigenvalue weighted by molar-refractivity contribution is 0.248. The van der Waals surface area contributed by atoms with Gasteiger partial charge in [-0.15, -0.1) is 5.10 Å². The number of hydrogen-bond donors (Lipinski definition) is 4. The molecule has 2 rings (SSSR count). The first-order chi connectivity index (χ1) is 13.4. The Bertz CT molecular complexity index is 729. The number of amides is 2. The van der Waals surface area contributed by atoms with Crippen LogP contribution in [0.4, 0.5) is 4.79 Å². The standard InChI is InChI=1S/C20H32N6O2/c1-14(2)19(21)18-12-26(25-24-18)17(4-3-11-23-20(22)28)10-9-15-5-7-16(13-27)8-6-15/h5-8,12,14,17,19,27H,3-4,9-11,13,21H2,1-2H3,(H3,22,23,28)/t17-,19-/m0/s1. The van der Waals surface area contributed by atoms with Crippen molar-refractivity contribution in [2.75, 3.05) is 6.54 Å². The van der Waals surface area contributed by atoms with Crippen molar-refractivity contribution in [1.82, 2.24) is 20.3 Å². The number of carbonyl (C=O) groups excluding carboxylic acids is 1. The van der Waals surface area contributed by atoms with Crippen LogP contribution in [-0.2, 0) is 13.0 Å². The summed E-state index contributed by atoms with van der Waals surface area (Å²) in [7, 11) is 0. The largest absolute Gasteiger partial charge is 0.392 e. The lowest BCUT2D eigenvalue weighted by Crippen LogP contribution is -2.30. The van der Waals surface area contributed by atoms with Crippen LogP contribution in [0.25, 0.3) is 0 Å². The molecular weight excluding hydrogens is 356 g/mol. The van der Waals surface area contributed by atoms with Gasteiger partial charge in [0.1, 0.15) is 0 Å². The van der Waals surface area contributed by atoms with Crippen molar-refractivity contribution in [3.63, 3.8) is 0 Å². The molecule has 1 aromatic carbocycles. The number of carbonyl (C=O) groups is 1. The van der Waals surface area contributed by atoms with Crippen molar-refractivity contribution in [3.05, 3.63) is 47.3 Å². The average molecular weight is 389 g/mol. The minimum Gasteiger partial charge on any atom is -0.392 e. The zero-order chi connectivity index (χ0) is 20.5. The molecule has 2 amide bonds. The fraction of sp³-hybridized carbons (Fsp3) is 0.550. The van der Waals surface area contributed by atoms with E-state index in [0.29, 0.717) is 6.54 Å². The molecule has 28 heavy (non-hydrogen) atoms. The van der Waals surface area contributed by atoms with Gasteiger partial charge in [-0.25, -0.2) is 9.48 Å². The molecule has 0 radical (unpaired) electrons. The molecular formula is C20H32N6O2. The van der Waals surface area contributed by atoms with Crippen molar-refractivity contribution in [2.24, 2.45) is 17.4 Å². The third-order valence-corrected chi connectivity index (χ3v) is 4.95. The first-order valence-corrected chi connectivity index (χ1v) is 9.80. The Balaban J connectivity index is 2.04. The zero-order valence-electron chi connectivity index (χ0n) is 16.7. The van der Waals surface area contributed by atoms with Crippen LogP contribution in [0.3, 0.4) is 0 Å². The van der Waals surface area contributed by atoms with Crippen molar-refractivity contribution in [2.45, 2.75) is 58.2 Å². The lowest BCUT2D eigenvalue weighted by atomic mass is 10.0. The number of aryl methyl sites for hydroxylation is 1. The summed E-state index contributed by atoms with van der Waals surface area (Å²) in [4.78, 5) is 10.9. The van der Waals surface area contributed by atoms with Crippen LogP contribution < -0.4 is 16.8 Å². The van der Waals surface area contributed by atoms with E-state index in [1.54, 1.807) is 0 Å². The molecule has 0 spiro atoms. The van der Waals surface area contributed by atoms with E-state index in [1.165, 1.54) is 5.56 Å². The van der Waals surface area contributed by atoms with E-state index in [4.69, 9.17) is 11.5 Å². The molecule has 0 aliphatic carbocycles. The van der Waals surface area contributed by atoms with Gasteiger partial charge in [-0.2, -0.15) is 0 Å². The Labute approximate surface area is 166 Å². The van der Waals surface area contributed by atoms with E-state index >= 15 is 0 Å². The van der Waals surface area contributed by atoms with Gasteiger partial charge in [0.25, 0.3) is 0 Å². The summed E-state index contributed by atoms with van der Waals surface area (Å²) >= 11 is 0. The maximum absolute atomic E-state index is 10.9. The van der Waals surface area contributed by atoms with Crippen molar-refractivity contribution < 1.29 is 9.90 Å². The number of primary amides is 1. The average Bonchev–Trinajstić information content (AvgIpc) is 3.16. The van der Waals surface area contributed by atoms with Crippen molar-refractivity contribution in [3.8, 4) is 0 Å². The molecule has 0 aliphatic rings. The Morgan fingerprint density at radius 1 is 1.21 bits per heavy atom. The number of urea groups is 1. The smallest absolute Gasteiger partial charge is 0.312 e. The predicted octanol–water partition coefficient (Wildman–Crippen LogP) is 2.05. The van der Waals surface area contributed by atoms with E-state index in [-0.39, 0.29) is 24.6 Å². The topological polar surface area (TPSA) is 132 Å². The number of aromatic nitrogens is 3. The fourth-order valence-electron chi connectivity index (χ4n) is 3.07. The molecule has 8 nitrogen and oxygen atoms in total. The van der Waals surface area contributed by atoms with Gasteiger partial charge in [-0.3, -0.25) is 0 Å². The summed E-state index contributed by atoms with van der Waals surface area (Å²) in [5, 5.41) is 20.4. The van der Waals surface area contributed by atoms with Gasteiger partial charge in [0.05, 0.1) is 30.6 Å². The van der Waals surface area contributed by atoms with Crippen LogP contribution in [0.15, 0.2) is 30.5 Å². The second kappa shape index (κ2) is 10.8. The third kappa shape index (κ3) is 6.61. The van der Waals surface area contributed by atoms with Crippen LogP contribution in [0.2, 0.25) is 0 Å². The number of nitrogens with zero attached hydrogens (tertiary/aromatic N) is 3. The molecule has 0 saturated heterocycles. The fourth-order valence-corrected chi connectivity index (χ4v) is 3.07. The highest BCUT2D eigenvalue weighted by Crippen LogP contribution is 2.23. The normalized spacial score (nSPS) is 13.5. The molecule has 0 aliphatic heterocycles.